The summed E-state index contributed by atoms with van der Waals surface area (Å²) in [6.45, 7) is 9.01. The van der Waals surface area contributed by atoms with Gasteiger partial charge in [0.15, 0.2) is 0 Å². The van der Waals surface area contributed by atoms with Crippen LogP contribution >= 0.6 is 0 Å². The number of rotatable bonds is 4. The molecule has 0 aromatic heterocycles. The van der Waals surface area contributed by atoms with Crippen molar-refractivity contribution in [1.29, 1.82) is 0 Å². The molecule has 3 aromatic carbocycles. The van der Waals surface area contributed by atoms with Gasteiger partial charge in [-0.3, -0.25) is 0 Å². The molecule has 0 radical (unpaired) electrons. The molecule has 1 heteroatoms. The Bertz CT molecular complexity index is 1090. The molecule has 0 amide bonds. The second-order valence-electron chi connectivity index (χ2n) is 8.00. The Balaban J connectivity index is 1.94. The third-order valence-corrected chi connectivity index (χ3v) is 6.03. The molecule has 0 heterocycles. The average molecular weight is 380 g/mol. The fourth-order valence-corrected chi connectivity index (χ4v) is 4.47. The summed E-state index contributed by atoms with van der Waals surface area (Å²) in [6, 6.07) is 28.2. The van der Waals surface area contributed by atoms with Crippen molar-refractivity contribution in [3.63, 3.8) is 0 Å². The lowest BCUT2D eigenvalue weighted by atomic mass is 9.84. The van der Waals surface area contributed by atoms with Crippen LogP contribution in [0, 0.1) is 13.8 Å². The first kappa shape index (κ1) is 19.3. The molecule has 29 heavy (non-hydrogen) atoms. The molecule has 1 aliphatic carbocycles. The highest BCUT2D eigenvalue weighted by molar-refractivity contribution is 5.82. The number of hydrogen-bond donors (Lipinski definition) is 0. The van der Waals surface area contributed by atoms with Gasteiger partial charge in [-0.25, -0.2) is 0 Å². The van der Waals surface area contributed by atoms with E-state index in [0.29, 0.717) is 0 Å². The van der Waals surface area contributed by atoms with Crippen LogP contribution in [0.4, 0.5) is 11.4 Å². The largest absolute Gasteiger partial charge is 0.310 e. The van der Waals surface area contributed by atoms with Crippen LogP contribution in [0.3, 0.4) is 0 Å². The Hall–Kier alpha value is -3.06. The number of aryl methyl sites for hydroxylation is 2. The second kappa shape index (κ2) is 8.13. The summed E-state index contributed by atoms with van der Waals surface area (Å²) in [5.74, 6) is 0. The molecule has 0 saturated carbocycles. The highest BCUT2D eigenvalue weighted by Gasteiger charge is 2.25. The lowest BCUT2D eigenvalue weighted by molar-refractivity contribution is 0.912. The zero-order chi connectivity index (χ0) is 20.4. The standard InChI is InChI=1S/C28H29N/c1-20-12-8-10-16-25(20)26-19-18-22(3)28(23(26)4)29(24-14-6-5-7-15-24)27-17-11-9-13-21(27)2/h5-17H,18-19H2,1-4H3. The lowest BCUT2D eigenvalue weighted by Gasteiger charge is -2.35. The number of anilines is 2. The first-order valence-electron chi connectivity index (χ1n) is 10.4. The van der Waals surface area contributed by atoms with E-state index in [2.05, 4.69) is 111 Å². The minimum absolute atomic E-state index is 1.09. The molecule has 3 aromatic rings. The van der Waals surface area contributed by atoms with Crippen LogP contribution in [0.15, 0.2) is 95.7 Å². The first-order chi connectivity index (χ1) is 14.1. The van der Waals surface area contributed by atoms with Crippen LogP contribution in [-0.2, 0) is 0 Å². The minimum Gasteiger partial charge on any atom is -0.310 e. The van der Waals surface area contributed by atoms with Crippen LogP contribution in [0.25, 0.3) is 5.57 Å². The quantitative estimate of drug-likeness (QED) is 0.444. The Labute approximate surface area is 175 Å². The van der Waals surface area contributed by atoms with Gasteiger partial charge >= 0.3 is 0 Å². The van der Waals surface area contributed by atoms with Gasteiger partial charge in [-0.05, 0) is 92.1 Å². The number of para-hydroxylation sites is 2. The third kappa shape index (κ3) is 3.65. The Kier molecular flexibility index (Phi) is 5.40. The summed E-state index contributed by atoms with van der Waals surface area (Å²) in [4.78, 5) is 2.46. The molecule has 0 atom stereocenters. The van der Waals surface area contributed by atoms with Crippen molar-refractivity contribution < 1.29 is 0 Å². The molecule has 0 aliphatic heterocycles. The van der Waals surface area contributed by atoms with Gasteiger partial charge in [0.25, 0.3) is 0 Å². The van der Waals surface area contributed by atoms with Gasteiger partial charge < -0.3 is 4.90 Å². The highest BCUT2D eigenvalue weighted by Crippen LogP contribution is 2.43. The molecule has 0 N–H and O–H groups in total. The van der Waals surface area contributed by atoms with Crippen LogP contribution in [-0.4, -0.2) is 0 Å². The van der Waals surface area contributed by atoms with Crippen molar-refractivity contribution in [2.45, 2.75) is 40.5 Å². The zero-order valence-electron chi connectivity index (χ0n) is 17.9. The van der Waals surface area contributed by atoms with Gasteiger partial charge in [0.05, 0.1) is 0 Å². The third-order valence-electron chi connectivity index (χ3n) is 6.03. The van der Waals surface area contributed by atoms with Crippen molar-refractivity contribution >= 4 is 16.9 Å². The summed E-state index contributed by atoms with van der Waals surface area (Å²) in [6.07, 6.45) is 2.19. The van der Waals surface area contributed by atoms with E-state index >= 15 is 0 Å². The Morgan fingerprint density at radius 1 is 0.621 bits per heavy atom. The number of hydrogen-bond acceptors (Lipinski definition) is 1. The molecule has 0 fully saturated rings. The van der Waals surface area contributed by atoms with Crippen LogP contribution in [0.1, 0.15) is 43.4 Å². The van der Waals surface area contributed by atoms with E-state index in [4.69, 9.17) is 0 Å². The second-order valence-corrected chi connectivity index (χ2v) is 8.00. The molecule has 146 valence electrons. The molecular formula is C28H29N. The predicted molar refractivity (Wildman–Crippen MR) is 125 cm³/mol. The van der Waals surface area contributed by atoms with Gasteiger partial charge in [-0.2, -0.15) is 0 Å². The molecule has 1 nitrogen and oxygen atoms in total. The number of nitrogens with zero attached hydrogens (tertiary/aromatic N) is 1. The molecular weight excluding hydrogens is 350 g/mol. The van der Waals surface area contributed by atoms with E-state index in [1.165, 1.54) is 50.5 Å². The fourth-order valence-electron chi connectivity index (χ4n) is 4.47. The maximum atomic E-state index is 2.46. The lowest BCUT2D eigenvalue weighted by Crippen LogP contribution is -2.22. The van der Waals surface area contributed by atoms with E-state index in [0.717, 1.165) is 12.8 Å². The SMILES string of the molecule is CC1=C(N(c2ccccc2)c2ccccc2C)C(C)=C(c2ccccc2C)CC1. The average Bonchev–Trinajstić information content (AvgIpc) is 2.73. The Morgan fingerprint density at radius 2 is 1.24 bits per heavy atom. The predicted octanol–water partition coefficient (Wildman–Crippen LogP) is 7.98. The minimum atomic E-state index is 1.09. The summed E-state index contributed by atoms with van der Waals surface area (Å²) < 4.78 is 0. The maximum absolute atomic E-state index is 2.46. The van der Waals surface area contributed by atoms with Crippen molar-refractivity contribution in [2.75, 3.05) is 4.90 Å². The van der Waals surface area contributed by atoms with Gasteiger partial charge in [-0.15, -0.1) is 0 Å². The fraction of sp³-hybridized carbons (Fsp3) is 0.214. The first-order valence-corrected chi connectivity index (χ1v) is 10.4. The molecule has 0 unspecified atom stereocenters. The monoisotopic (exact) mass is 379 g/mol. The Morgan fingerprint density at radius 3 is 1.93 bits per heavy atom. The maximum Gasteiger partial charge on any atom is 0.0490 e. The topological polar surface area (TPSA) is 3.24 Å². The summed E-state index contributed by atoms with van der Waals surface area (Å²) >= 11 is 0. The van der Waals surface area contributed by atoms with Crippen LogP contribution < -0.4 is 4.90 Å². The zero-order valence-corrected chi connectivity index (χ0v) is 17.9. The van der Waals surface area contributed by atoms with Gasteiger partial charge in [0.2, 0.25) is 0 Å². The van der Waals surface area contributed by atoms with Crippen molar-refractivity contribution in [3.05, 3.63) is 112 Å². The van der Waals surface area contributed by atoms with Gasteiger partial charge in [-0.1, -0.05) is 60.7 Å². The van der Waals surface area contributed by atoms with E-state index in [-0.39, 0.29) is 0 Å². The molecule has 4 rings (SSSR count). The van der Waals surface area contributed by atoms with Crippen LogP contribution in [0.5, 0.6) is 0 Å². The number of benzene rings is 3. The van der Waals surface area contributed by atoms with Crippen molar-refractivity contribution in [3.8, 4) is 0 Å². The van der Waals surface area contributed by atoms with E-state index in [1.807, 2.05) is 0 Å². The molecule has 1 aliphatic rings. The van der Waals surface area contributed by atoms with Crippen LogP contribution in [0.2, 0.25) is 0 Å². The highest BCUT2D eigenvalue weighted by atomic mass is 15.2. The van der Waals surface area contributed by atoms with Crippen molar-refractivity contribution in [1.82, 2.24) is 0 Å². The number of allylic oxidation sites excluding steroid dienone is 3. The van der Waals surface area contributed by atoms with E-state index in [9.17, 15) is 0 Å². The molecule has 0 saturated heterocycles. The van der Waals surface area contributed by atoms with E-state index in [1.54, 1.807) is 0 Å². The summed E-state index contributed by atoms with van der Waals surface area (Å²) in [7, 11) is 0. The normalized spacial score (nSPS) is 14.3. The van der Waals surface area contributed by atoms with Gasteiger partial charge in [0.1, 0.15) is 0 Å². The molecule has 0 bridgehead atoms. The van der Waals surface area contributed by atoms with Gasteiger partial charge in [0, 0.05) is 17.1 Å². The summed E-state index contributed by atoms with van der Waals surface area (Å²) in [5.41, 5.74) is 12.1. The van der Waals surface area contributed by atoms with Crippen molar-refractivity contribution in [2.24, 2.45) is 0 Å². The van der Waals surface area contributed by atoms with E-state index < -0.39 is 0 Å². The smallest absolute Gasteiger partial charge is 0.0490 e. The summed E-state index contributed by atoms with van der Waals surface area (Å²) in [5, 5.41) is 0. The molecule has 0 spiro atoms.